The van der Waals surface area contributed by atoms with E-state index in [0.717, 1.165) is 5.56 Å². The van der Waals surface area contributed by atoms with Crippen LogP contribution >= 0.6 is 11.6 Å². The van der Waals surface area contributed by atoms with Crippen molar-refractivity contribution in [2.24, 2.45) is 5.92 Å². The quantitative estimate of drug-likeness (QED) is 0.776. The van der Waals surface area contributed by atoms with Crippen LogP contribution < -0.4 is 10.6 Å². The van der Waals surface area contributed by atoms with Crippen molar-refractivity contribution in [2.45, 2.75) is 19.4 Å². The Morgan fingerprint density at radius 2 is 1.82 bits per heavy atom. The third-order valence-corrected chi connectivity index (χ3v) is 5.07. The Bertz CT molecular complexity index is 824. The number of carbonyl (C=O) groups is 2. The molecule has 1 aliphatic rings. The Morgan fingerprint density at radius 1 is 1.11 bits per heavy atom. The van der Waals surface area contributed by atoms with Gasteiger partial charge in [-0.05, 0) is 49.7 Å². The van der Waals surface area contributed by atoms with Gasteiger partial charge in [-0.3, -0.25) is 14.5 Å². The second kappa shape index (κ2) is 9.66. The number of hydrogen-bond acceptors (Lipinski definition) is 3. The van der Waals surface area contributed by atoms with E-state index in [1.54, 1.807) is 0 Å². The Balaban J connectivity index is 1.41. The van der Waals surface area contributed by atoms with Gasteiger partial charge in [-0.15, -0.1) is 0 Å². The Morgan fingerprint density at radius 3 is 2.54 bits per heavy atom. The molecule has 1 saturated heterocycles. The lowest BCUT2D eigenvalue weighted by molar-refractivity contribution is -0.126. The van der Waals surface area contributed by atoms with Crippen molar-refractivity contribution in [1.82, 2.24) is 10.2 Å². The maximum atomic E-state index is 13.7. The third-order valence-electron chi connectivity index (χ3n) is 4.84. The van der Waals surface area contributed by atoms with Crippen molar-refractivity contribution < 1.29 is 14.0 Å². The summed E-state index contributed by atoms with van der Waals surface area (Å²) in [7, 11) is 0. The topological polar surface area (TPSA) is 61.4 Å². The molecule has 7 heteroatoms. The summed E-state index contributed by atoms with van der Waals surface area (Å²) in [6.07, 6.45) is 1.39. The molecule has 2 aromatic rings. The minimum absolute atomic E-state index is 0.0478. The molecular weight excluding hydrogens is 381 g/mol. The summed E-state index contributed by atoms with van der Waals surface area (Å²) < 4.78 is 13.7. The lowest BCUT2D eigenvalue weighted by atomic mass is 9.96. The van der Waals surface area contributed by atoms with Crippen LogP contribution in [0.3, 0.4) is 0 Å². The molecule has 0 aliphatic carbocycles. The average molecular weight is 404 g/mol. The molecule has 0 atom stereocenters. The molecule has 2 aromatic carbocycles. The van der Waals surface area contributed by atoms with Gasteiger partial charge in [0, 0.05) is 17.5 Å². The van der Waals surface area contributed by atoms with E-state index >= 15 is 0 Å². The van der Waals surface area contributed by atoms with E-state index in [0.29, 0.717) is 37.5 Å². The lowest BCUT2D eigenvalue weighted by Gasteiger charge is -2.30. The first kappa shape index (κ1) is 20.3. The number of amides is 2. The van der Waals surface area contributed by atoms with Gasteiger partial charge >= 0.3 is 0 Å². The predicted octanol–water partition coefficient (Wildman–Crippen LogP) is 3.45. The van der Waals surface area contributed by atoms with Crippen LogP contribution in [0.5, 0.6) is 0 Å². The molecule has 0 bridgehead atoms. The fourth-order valence-corrected chi connectivity index (χ4v) is 3.44. The van der Waals surface area contributed by atoms with E-state index in [1.165, 1.54) is 18.2 Å². The van der Waals surface area contributed by atoms with Crippen molar-refractivity contribution in [3.05, 3.63) is 64.9 Å². The number of halogens is 2. The summed E-state index contributed by atoms with van der Waals surface area (Å²) in [5.74, 6) is -0.818. The summed E-state index contributed by atoms with van der Waals surface area (Å²) in [6.45, 7) is 1.97. The second-order valence-corrected chi connectivity index (χ2v) is 7.36. The van der Waals surface area contributed by atoms with Crippen LogP contribution in [0.25, 0.3) is 0 Å². The molecule has 0 saturated carbocycles. The first-order chi connectivity index (χ1) is 13.5. The summed E-state index contributed by atoms with van der Waals surface area (Å²) in [5.41, 5.74) is 1.14. The number of benzene rings is 2. The van der Waals surface area contributed by atoms with Crippen molar-refractivity contribution in [3.63, 3.8) is 0 Å². The van der Waals surface area contributed by atoms with Crippen molar-refractivity contribution >= 4 is 29.1 Å². The Labute approximate surface area is 168 Å². The molecule has 3 rings (SSSR count). The molecule has 0 radical (unpaired) electrons. The molecule has 148 valence electrons. The highest BCUT2D eigenvalue weighted by Crippen LogP contribution is 2.20. The highest BCUT2D eigenvalue weighted by atomic mass is 35.5. The SMILES string of the molecule is O=C(CN1CCC(C(=O)NCc2ccccc2)CC1)Nc1cc(Cl)ccc1F. The third kappa shape index (κ3) is 5.78. The number of hydrogen-bond donors (Lipinski definition) is 2. The van der Waals surface area contributed by atoms with Gasteiger partial charge in [0.2, 0.25) is 11.8 Å². The van der Waals surface area contributed by atoms with Gasteiger partial charge in [-0.25, -0.2) is 4.39 Å². The van der Waals surface area contributed by atoms with Crippen LogP contribution in [0, 0.1) is 11.7 Å². The first-order valence-electron chi connectivity index (χ1n) is 9.30. The van der Waals surface area contributed by atoms with Crippen LogP contribution in [0.15, 0.2) is 48.5 Å². The molecule has 2 N–H and O–H groups in total. The van der Waals surface area contributed by atoms with E-state index in [9.17, 15) is 14.0 Å². The smallest absolute Gasteiger partial charge is 0.238 e. The summed E-state index contributed by atoms with van der Waals surface area (Å²) in [6, 6.07) is 13.8. The maximum Gasteiger partial charge on any atom is 0.238 e. The Hall–Kier alpha value is -2.44. The molecule has 0 spiro atoms. The van der Waals surface area contributed by atoms with Crippen LogP contribution in [-0.2, 0) is 16.1 Å². The zero-order valence-corrected chi connectivity index (χ0v) is 16.2. The van der Waals surface area contributed by atoms with Crippen molar-refractivity contribution in [1.29, 1.82) is 0 Å². The largest absolute Gasteiger partial charge is 0.352 e. The number of nitrogens with zero attached hydrogens (tertiary/aromatic N) is 1. The number of carbonyl (C=O) groups excluding carboxylic acids is 2. The van der Waals surface area contributed by atoms with Gasteiger partial charge in [-0.1, -0.05) is 41.9 Å². The van der Waals surface area contributed by atoms with E-state index in [-0.39, 0.29) is 30.0 Å². The fourth-order valence-electron chi connectivity index (χ4n) is 3.27. The first-order valence-corrected chi connectivity index (χ1v) is 9.68. The van der Waals surface area contributed by atoms with E-state index in [4.69, 9.17) is 11.6 Å². The van der Waals surface area contributed by atoms with Gasteiger partial charge in [0.05, 0.1) is 12.2 Å². The van der Waals surface area contributed by atoms with E-state index in [1.807, 2.05) is 35.2 Å². The minimum Gasteiger partial charge on any atom is -0.352 e. The van der Waals surface area contributed by atoms with Gasteiger partial charge in [0.15, 0.2) is 0 Å². The molecule has 0 aromatic heterocycles. The fraction of sp³-hybridized carbons (Fsp3) is 0.333. The number of rotatable bonds is 6. The zero-order chi connectivity index (χ0) is 19.9. The van der Waals surface area contributed by atoms with Gasteiger partial charge < -0.3 is 10.6 Å². The molecule has 1 aliphatic heterocycles. The van der Waals surface area contributed by atoms with Crippen LogP contribution in [0.2, 0.25) is 5.02 Å². The number of anilines is 1. The number of piperidine rings is 1. The zero-order valence-electron chi connectivity index (χ0n) is 15.5. The maximum absolute atomic E-state index is 13.7. The highest BCUT2D eigenvalue weighted by Gasteiger charge is 2.25. The van der Waals surface area contributed by atoms with Crippen LogP contribution in [0.1, 0.15) is 18.4 Å². The number of likely N-dealkylation sites (tertiary alicyclic amines) is 1. The molecule has 1 fully saturated rings. The summed E-state index contributed by atoms with van der Waals surface area (Å²) in [5, 5.41) is 5.89. The van der Waals surface area contributed by atoms with Crippen molar-refractivity contribution in [2.75, 3.05) is 25.0 Å². The monoisotopic (exact) mass is 403 g/mol. The predicted molar refractivity (Wildman–Crippen MR) is 107 cm³/mol. The summed E-state index contributed by atoms with van der Waals surface area (Å²) >= 11 is 5.84. The number of nitrogens with one attached hydrogen (secondary N) is 2. The molecular formula is C21H23ClFN3O2. The van der Waals surface area contributed by atoms with Gasteiger partial charge in [-0.2, -0.15) is 0 Å². The molecule has 0 unspecified atom stereocenters. The standard InChI is InChI=1S/C21H23ClFN3O2/c22-17-6-7-18(23)19(12-17)25-20(27)14-26-10-8-16(9-11-26)21(28)24-13-15-4-2-1-3-5-15/h1-7,12,16H,8-11,13-14H2,(H,24,28)(H,25,27). The summed E-state index contributed by atoms with van der Waals surface area (Å²) in [4.78, 5) is 26.5. The van der Waals surface area contributed by atoms with Crippen LogP contribution in [-0.4, -0.2) is 36.3 Å². The normalized spacial score (nSPS) is 15.2. The van der Waals surface area contributed by atoms with Crippen molar-refractivity contribution in [3.8, 4) is 0 Å². The minimum atomic E-state index is -0.522. The van der Waals surface area contributed by atoms with E-state index < -0.39 is 5.82 Å². The molecule has 5 nitrogen and oxygen atoms in total. The van der Waals surface area contributed by atoms with Crippen LogP contribution in [0.4, 0.5) is 10.1 Å². The second-order valence-electron chi connectivity index (χ2n) is 6.93. The van der Waals surface area contributed by atoms with E-state index in [2.05, 4.69) is 10.6 Å². The molecule has 28 heavy (non-hydrogen) atoms. The lowest BCUT2D eigenvalue weighted by Crippen LogP contribution is -2.43. The van der Waals surface area contributed by atoms with Gasteiger partial charge in [0.1, 0.15) is 5.82 Å². The molecule has 2 amide bonds. The molecule has 1 heterocycles. The highest BCUT2D eigenvalue weighted by molar-refractivity contribution is 6.30. The Kier molecular flexibility index (Phi) is 7.01. The average Bonchev–Trinajstić information content (AvgIpc) is 2.70. The van der Waals surface area contributed by atoms with Gasteiger partial charge in [0.25, 0.3) is 0 Å².